The fraction of sp³-hybridized carbons (Fsp3) is 0.250. The third kappa shape index (κ3) is 5.56. The van der Waals surface area contributed by atoms with Crippen LogP contribution in [0.15, 0.2) is 48.1 Å². The minimum Gasteiger partial charge on any atom is -0.493 e. The first-order valence-electron chi connectivity index (χ1n) is 8.21. The van der Waals surface area contributed by atoms with E-state index in [1.807, 2.05) is 18.2 Å². The largest absolute Gasteiger partial charge is 0.493 e. The molecule has 0 bridgehead atoms. The molecule has 144 valence electrons. The summed E-state index contributed by atoms with van der Waals surface area (Å²) in [7, 11) is 4.77. The van der Waals surface area contributed by atoms with Gasteiger partial charge in [0.15, 0.2) is 23.0 Å². The topological polar surface area (TPSA) is 61.3 Å². The molecule has 0 aliphatic rings. The molecule has 0 aliphatic carbocycles. The molecule has 0 aliphatic heterocycles. The van der Waals surface area contributed by atoms with E-state index in [0.717, 1.165) is 11.1 Å². The summed E-state index contributed by atoms with van der Waals surface area (Å²) in [5.74, 6) is 2.37. The second-order valence-corrected chi connectivity index (χ2v) is 5.82. The quantitative estimate of drug-likeness (QED) is 0.376. The molecule has 0 heterocycles. The zero-order chi connectivity index (χ0) is 19.6. The highest BCUT2D eigenvalue weighted by Gasteiger charge is 2.11. The van der Waals surface area contributed by atoms with Crippen molar-refractivity contribution in [2.75, 3.05) is 27.9 Å². The Kier molecular flexibility index (Phi) is 7.82. The molecule has 0 unspecified atom stereocenters. The number of halogens is 1. The minimum atomic E-state index is 0.344. The van der Waals surface area contributed by atoms with Crippen LogP contribution in [-0.2, 0) is 6.54 Å². The fourth-order valence-corrected chi connectivity index (χ4v) is 2.62. The van der Waals surface area contributed by atoms with E-state index in [1.54, 1.807) is 45.8 Å². The Labute approximate surface area is 164 Å². The molecule has 0 aromatic heterocycles. The number of benzene rings is 2. The summed E-state index contributed by atoms with van der Waals surface area (Å²) in [6.45, 7) is 4.49. The third-order valence-electron chi connectivity index (χ3n) is 3.63. The van der Waals surface area contributed by atoms with Crippen LogP contribution in [0.2, 0.25) is 5.02 Å². The van der Waals surface area contributed by atoms with E-state index < -0.39 is 0 Å². The number of hydrogen-bond donors (Lipinski definition) is 1. The Bertz CT molecular complexity index is 809. The van der Waals surface area contributed by atoms with Crippen molar-refractivity contribution >= 4 is 17.8 Å². The summed E-state index contributed by atoms with van der Waals surface area (Å²) in [4.78, 5) is 0. The van der Waals surface area contributed by atoms with Crippen molar-refractivity contribution in [2.45, 2.75) is 6.54 Å². The van der Waals surface area contributed by atoms with Gasteiger partial charge in [-0.05, 0) is 35.4 Å². The molecule has 0 atom stereocenters. The molecule has 0 spiro atoms. The maximum absolute atomic E-state index is 6.27. The van der Waals surface area contributed by atoms with E-state index in [-0.39, 0.29) is 0 Å². The van der Waals surface area contributed by atoms with Crippen molar-refractivity contribution < 1.29 is 18.9 Å². The smallest absolute Gasteiger partial charge is 0.180 e. The third-order valence-corrected chi connectivity index (χ3v) is 3.91. The molecule has 7 heteroatoms. The molecular formula is C20H23ClN2O4. The number of nitrogens with zero attached hydrogens (tertiary/aromatic N) is 1. The Morgan fingerprint density at radius 2 is 1.78 bits per heavy atom. The lowest BCUT2D eigenvalue weighted by Gasteiger charge is -2.12. The van der Waals surface area contributed by atoms with E-state index in [9.17, 15) is 0 Å². The zero-order valence-corrected chi connectivity index (χ0v) is 16.4. The Morgan fingerprint density at radius 1 is 1.04 bits per heavy atom. The maximum Gasteiger partial charge on any atom is 0.180 e. The predicted octanol–water partition coefficient (Wildman–Crippen LogP) is 4.05. The first kappa shape index (κ1) is 20.5. The van der Waals surface area contributed by atoms with Crippen molar-refractivity contribution in [1.82, 2.24) is 5.43 Å². The lowest BCUT2D eigenvalue weighted by molar-refractivity contribution is 0.326. The molecule has 0 saturated heterocycles. The Balaban J connectivity index is 2.04. The van der Waals surface area contributed by atoms with Gasteiger partial charge < -0.3 is 24.4 Å². The second kappa shape index (κ2) is 10.3. The summed E-state index contributed by atoms with van der Waals surface area (Å²) >= 11 is 6.27. The lowest BCUT2D eigenvalue weighted by atomic mass is 10.2. The highest BCUT2D eigenvalue weighted by atomic mass is 35.5. The molecule has 2 rings (SSSR count). The van der Waals surface area contributed by atoms with Crippen LogP contribution in [-0.4, -0.2) is 34.2 Å². The van der Waals surface area contributed by atoms with Gasteiger partial charge in [0.2, 0.25) is 0 Å². The zero-order valence-electron chi connectivity index (χ0n) is 15.6. The number of hydrogen-bond acceptors (Lipinski definition) is 6. The standard InChI is InChI=1S/C20H23ClN2O4/c1-5-8-27-20-16(21)9-15(11-19(20)26-4)13-23-22-12-14-6-7-17(24-2)18(10-14)25-3/h5-7,9-11,13,22H,1,8,12H2,2-4H3/b23-13-. The highest BCUT2D eigenvalue weighted by molar-refractivity contribution is 6.32. The van der Waals surface area contributed by atoms with Crippen LogP contribution in [0.25, 0.3) is 0 Å². The van der Waals surface area contributed by atoms with Crippen LogP contribution < -0.4 is 24.4 Å². The Morgan fingerprint density at radius 3 is 2.44 bits per heavy atom. The molecule has 1 N–H and O–H groups in total. The van der Waals surface area contributed by atoms with Gasteiger partial charge in [0.1, 0.15) is 6.61 Å². The van der Waals surface area contributed by atoms with Gasteiger partial charge in [-0.3, -0.25) is 0 Å². The van der Waals surface area contributed by atoms with Crippen molar-refractivity contribution in [2.24, 2.45) is 5.10 Å². The van der Waals surface area contributed by atoms with E-state index in [0.29, 0.717) is 41.2 Å². The van der Waals surface area contributed by atoms with E-state index in [4.69, 9.17) is 30.5 Å². The Hall–Kier alpha value is -2.86. The predicted molar refractivity (Wildman–Crippen MR) is 108 cm³/mol. The molecule has 0 radical (unpaired) electrons. The van der Waals surface area contributed by atoms with E-state index in [2.05, 4.69) is 17.1 Å². The number of nitrogens with one attached hydrogen (secondary N) is 1. The van der Waals surface area contributed by atoms with Crippen molar-refractivity contribution in [3.05, 3.63) is 59.1 Å². The molecule has 2 aromatic rings. The number of hydrazone groups is 1. The molecule has 6 nitrogen and oxygen atoms in total. The van der Waals surface area contributed by atoms with Gasteiger partial charge >= 0.3 is 0 Å². The average Bonchev–Trinajstić information content (AvgIpc) is 2.69. The molecule has 0 saturated carbocycles. The van der Waals surface area contributed by atoms with Crippen LogP contribution in [0.1, 0.15) is 11.1 Å². The lowest BCUT2D eigenvalue weighted by Crippen LogP contribution is -2.06. The summed E-state index contributed by atoms with van der Waals surface area (Å²) in [6.07, 6.45) is 3.30. The van der Waals surface area contributed by atoms with Crippen LogP contribution in [0.5, 0.6) is 23.0 Å². The van der Waals surface area contributed by atoms with Crippen molar-refractivity contribution in [3.8, 4) is 23.0 Å². The van der Waals surface area contributed by atoms with Crippen molar-refractivity contribution in [3.63, 3.8) is 0 Å². The van der Waals surface area contributed by atoms with Gasteiger partial charge in [-0.1, -0.05) is 30.3 Å². The second-order valence-electron chi connectivity index (χ2n) is 5.42. The van der Waals surface area contributed by atoms with Crippen LogP contribution in [0.3, 0.4) is 0 Å². The average molecular weight is 391 g/mol. The van der Waals surface area contributed by atoms with Crippen LogP contribution in [0.4, 0.5) is 0 Å². The van der Waals surface area contributed by atoms with Gasteiger partial charge in [0, 0.05) is 0 Å². The molecule has 0 fully saturated rings. The van der Waals surface area contributed by atoms with Gasteiger partial charge in [-0.15, -0.1) is 0 Å². The van der Waals surface area contributed by atoms with Gasteiger partial charge in [-0.25, -0.2) is 0 Å². The number of ether oxygens (including phenoxy) is 4. The van der Waals surface area contributed by atoms with E-state index >= 15 is 0 Å². The van der Waals surface area contributed by atoms with E-state index in [1.165, 1.54) is 0 Å². The molecule has 27 heavy (non-hydrogen) atoms. The first-order chi connectivity index (χ1) is 13.1. The summed E-state index contributed by atoms with van der Waals surface area (Å²) in [6, 6.07) is 9.24. The van der Waals surface area contributed by atoms with Crippen molar-refractivity contribution in [1.29, 1.82) is 0 Å². The SMILES string of the molecule is C=CCOc1c(Cl)cc(/C=N\NCc2ccc(OC)c(OC)c2)cc1OC. The highest BCUT2D eigenvalue weighted by Crippen LogP contribution is 2.36. The fourth-order valence-electron chi connectivity index (χ4n) is 2.34. The first-order valence-corrected chi connectivity index (χ1v) is 8.58. The van der Waals surface area contributed by atoms with Gasteiger partial charge in [0.05, 0.1) is 39.1 Å². The van der Waals surface area contributed by atoms with Crippen LogP contribution >= 0.6 is 11.6 Å². The number of rotatable bonds is 10. The summed E-state index contributed by atoms with van der Waals surface area (Å²) < 4.78 is 21.4. The summed E-state index contributed by atoms with van der Waals surface area (Å²) in [5, 5.41) is 4.67. The minimum absolute atomic E-state index is 0.344. The molecular weight excluding hydrogens is 368 g/mol. The normalized spacial score (nSPS) is 10.5. The van der Waals surface area contributed by atoms with Gasteiger partial charge in [0.25, 0.3) is 0 Å². The molecule has 2 aromatic carbocycles. The summed E-state index contributed by atoms with van der Waals surface area (Å²) in [5.41, 5.74) is 4.78. The monoisotopic (exact) mass is 390 g/mol. The van der Waals surface area contributed by atoms with Gasteiger partial charge in [-0.2, -0.15) is 5.10 Å². The molecule has 0 amide bonds. The van der Waals surface area contributed by atoms with Crippen LogP contribution in [0, 0.1) is 0 Å². The maximum atomic E-state index is 6.27. The number of methoxy groups -OCH3 is 3.